The van der Waals surface area contributed by atoms with Crippen LogP contribution in [0.1, 0.15) is 118 Å². The van der Waals surface area contributed by atoms with Crippen LogP contribution in [0.5, 0.6) is 0 Å². The molecule has 0 aliphatic heterocycles. The Morgan fingerprint density at radius 2 is 1.46 bits per heavy atom. The highest BCUT2D eigenvalue weighted by atomic mass is 14.6. The van der Waals surface area contributed by atoms with E-state index >= 15 is 0 Å². The normalized spacial score (nSPS) is 47.8. The van der Waals surface area contributed by atoms with E-state index in [2.05, 4.69) is 27.7 Å². The van der Waals surface area contributed by atoms with Crippen LogP contribution in [0.15, 0.2) is 11.1 Å². The number of hydrogen-bond donors (Lipinski definition) is 0. The van der Waals surface area contributed by atoms with Crippen LogP contribution in [0.4, 0.5) is 0 Å². The van der Waals surface area contributed by atoms with Crippen molar-refractivity contribution in [2.75, 3.05) is 0 Å². The molecule has 0 radical (unpaired) electrons. The average molecular weight is 383 g/mol. The quantitative estimate of drug-likeness (QED) is 0.398. The van der Waals surface area contributed by atoms with Gasteiger partial charge < -0.3 is 0 Å². The van der Waals surface area contributed by atoms with Gasteiger partial charge in [0.1, 0.15) is 0 Å². The number of hydrogen-bond acceptors (Lipinski definition) is 0. The molecule has 0 aromatic carbocycles. The Morgan fingerprint density at radius 1 is 0.714 bits per heavy atom. The third-order valence-corrected chi connectivity index (χ3v) is 11.1. The van der Waals surface area contributed by atoms with Crippen LogP contribution in [-0.2, 0) is 0 Å². The van der Waals surface area contributed by atoms with Crippen LogP contribution in [0, 0.1) is 46.3 Å². The largest absolute Gasteiger partial charge is 0.0710 e. The van der Waals surface area contributed by atoms with Crippen molar-refractivity contribution < 1.29 is 0 Å². The number of fused-ring (bicyclic) bond motifs is 5. The summed E-state index contributed by atoms with van der Waals surface area (Å²) in [5, 5.41) is 0. The predicted molar refractivity (Wildman–Crippen MR) is 120 cm³/mol. The molecule has 0 saturated heterocycles. The predicted octanol–water partition coefficient (Wildman–Crippen LogP) is 8.56. The van der Waals surface area contributed by atoms with Crippen molar-refractivity contribution in [2.24, 2.45) is 46.3 Å². The summed E-state index contributed by atoms with van der Waals surface area (Å²) in [5.41, 5.74) is 4.96. The summed E-state index contributed by atoms with van der Waals surface area (Å²) in [6.45, 7) is 10.4. The van der Waals surface area contributed by atoms with Crippen LogP contribution >= 0.6 is 0 Å². The van der Waals surface area contributed by atoms with E-state index in [9.17, 15) is 0 Å². The van der Waals surface area contributed by atoms with Gasteiger partial charge in [0.15, 0.2) is 0 Å². The fourth-order valence-electron chi connectivity index (χ4n) is 9.20. The first-order chi connectivity index (χ1) is 13.4. The smallest absolute Gasteiger partial charge is 0.0147 e. The van der Waals surface area contributed by atoms with Gasteiger partial charge in [0.2, 0.25) is 0 Å². The maximum absolute atomic E-state index is 2.75. The van der Waals surface area contributed by atoms with Gasteiger partial charge in [0, 0.05) is 0 Å². The molecular formula is C28H46. The Hall–Kier alpha value is -0.260. The molecule has 0 N–H and O–H groups in total. The minimum atomic E-state index is 0.609. The molecule has 7 atom stereocenters. The highest BCUT2D eigenvalue weighted by Crippen LogP contribution is 2.64. The van der Waals surface area contributed by atoms with E-state index in [1.807, 2.05) is 11.1 Å². The fourth-order valence-corrected chi connectivity index (χ4v) is 9.20. The molecule has 5 rings (SSSR count). The van der Waals surface area contributed by atoms with Gasteiger partial charge in [-0.2, -0.15) is 0 Å². The van der Waals surface area contributed by atoms with E-state index in [1.54, 1.807) is 38.5 Å². The van der Waals surface area contributed by atoms with Crippen LogP contribution in [0.25, 0.3) is 0 Å². The zero-order valence-electron chi connectivity index (χ0n) is 19.4. The van der Waals surface area contributed by atoms with E-state index in [0.717, 1.165) is 35.5 Å². The maximum atomic E-state index is 2.75. The lowest BCUT2D eigenvalue weighted by Crippen LogP contribution is -2.52. The first-order valence-electron chi connectivity index (χ1n) is 13.1. The second-order valence-electron chi connectivity index (χ2n) is 12.8. The van der Waals surface area contributed by atoms with Crippen molar-refractivity contribution in [3.63, 3.8) is 0 Å². The minimum Gasteiger partial charge on any atom is -0.0710 e. The van der Waals surface area contributed by atoms with Crippen molar-refractivity contribution >= 4 is 0 Å². The van der Waals surface area contributed by atoms with E-state index in [4.69, 9.17) is 0 Å². The lowest BCUT2D eigenvalue weighted by Gasteiger charge is -2.60. The maximum Gasteiger partial charge on any atom is -0.0147 e. The van der Waals surface area contributed by atoms with Gasteiger partial charge in [-0.05, 0) is 137 Å². The summed E-state index contributed by atoms with van der Waals surface area (Å²) in [6, 6.07) is 0. The third kappa shape index (κ3) is 3.15. The zero-order chi connectivity index (χ0) is 19.5. The van der Waals surface area contributed by atoms with E-state index < -0.39 is 0 Å². The second kappa shape index (κ2) is 7.16. The molecule has 5 fully saturated rings. The Balaban J connectivity index is 1.39. The first-order valence-corrected chi connectivity index (χ1v) is 13.1. The summed E-state index contributed by atoms with van der Waals surface area (Å²) in [6.07, 6.45) is 21.2. The highest BCUT2D eigenvalue weighted by molar-refractivity contribution is 5.24. The SMILES string of the molecule is CC(=C1CCC1)[C@H]1CCC[C@H]2[C@@H]3CC[C@@H]4CCC(C)(C)CCC4[C@H]3CC[C@]12C. The Bertz CT molecular complexity index is 618. The van der Waals surface area contributed by atoms with Crippen LogP contribution < -0.4 is 0 Å². The van der Waals surface area contributed by atoms with Crippen molar-refractivity contribution in [3.05, 3.63) is 11.1 Å². The molecule has 5 aliphatic rings. The Kier molecular flexibility index (Phi) is 5.04. The van der Waals surface area contributed by atoms with Crippen molar-refractivity contribution in [3.8, 4) is 0 Å². The molecule has 158 valence electrons. The Labute approximate surface area is 175 Å². The summed E-state index contributed by atoms with van der Waals surface area (Å²) in [5.74, 6) is 6.28. The van der Waals surface area contributed by atoms with E-state index in [1.165, 1.54) is 51.4 Å². The van der Waals surface area contributed by atoms with Gasteiger partial charge in [-0.25, -0.2) is 0 Å². The molecule has 0 heterocycles. The summed E-state index contributed by atoms with van der Waals surface area (Å²) >= 11 is 0. The lowest BCUT2D eigenvalue weighted by atomic mass is 9.45. The van der Waals surface area contributed by atoms with Crippen molar-refractivity contribution in [1.82, 2.24) is 0 Å². The summed E-state index contributed by atoms with van der Waals surface area (Å²) in [7, 11) is 0. The molecule has 0 bridgehead atoms. The number of allylic oxidation sites excluding steroid dienone is 2. The highest BCUT2D eigenvalue weighted by Gasteiger charge is 2.55. The molecule has 0 heteroatoms. The van der Waals surface area contributed by atoms with Crippen molar-refractivity contribution in [2.45, 2.75) is 118 Å². The molecule has 0 spiro atoms. The molecule has 0 aromatic rings. The van der Waals surface area contributed by atoms with E-state index in [-0.39, 0.29) is 0 Å². The lowest BCUT2D eigenvalue weighted by molar-refractivity contribution is -0.0939. The topological polar surface area (TPSA) is 0 Å². The van der Waals surface area contributed by atoms with Crippen LogP contribution in [-0.4, -0.2) is 0 Å². The zero-order valence-corrected chi connectivity index (χ0v) is 19.4. The number of rotatable bonds is 1. The molecule has 5 aliphatic carbocycles. The first kappa shape index (κ1) is 19.7. The minimum absolute atomic E-state index is 0.609. The van der Waals surface area contributed by atoms with Gasteiger partial charge in [0.25, 0.3) is 0 Å². The fraction of sp³-hybridized carbons (Fsp3) is 0.929. The molecule has 0 nitrogen and oxygen atoms in total. The van der Waals surface area contributed by atoms with Gasteiger partial charge in [-0.15, -0.1) is 0 Å². The second-order valence-corrected chi connectivity index (χ2v) is 12.8. The van der Waals surface area contributed by atoms with E-state index in [0.29, 0.717) is 10.8 Å². The van der Waals surface area contributed by atoms with Crippen LogP contribution in [0.3, 0.4) is 0 Å². The van der Waals surface area contributed by atoms with Gasteiger partial charge in [0.05, 0.1) is 0 Å². The molecule has 0 amide bonds. The van der Waals surface area contributed by atoms with Gasteiger partial charge >= 0.3 is 0 Å². The molecule has 0 aromatic heterocycles. The molecule has 5 saturated carbocycles. The standard InChI is InChI=1S/C28H46/c1-19(20-7-5-8-20)25-9-6-10-26-24-12-11-21-13-16-27(2,3)17-14-22(21)23(24)15-18-28(25,26)4/h21-26H,5-18H2,1-4H3/t21-,22?,23-,24-,25-,26+,28-/m1/s1. The molecular weight excluding hydrogens is 336 g/mol. The van der Waals surface area contributed by atoms with Crippen LogP contribution in [0.2, 0.25) is 0 Å². The Morgan fingerprint density at radius 3 is 2.21 bits per heavy atom. The molecule has 1 unspecified atom stereocenters. The van der Waals surface area contributed by atoms with Gasteiger partial charge in [-0.1, -0.05) is 38.3 Å². The van der Waals surface area contributed by atoms with Gasteiger partial charge in [-0.3, -0.25) is 0 Å². The summed E-state index contributed by atoms with van der Waals surface area (Å²) < 4.78 is 0. The average Bonchev–Trinajstić information content (AvgIpc) is 2.77. The monoisotopic (exact) mass is 382 g/mol. The third-order valence-electron chi connectivity index (χ3n) is 11.1. The summed E-state index contributed by atoms with van der Waals surface area (Å²) in [4.78, 5) is 0. The van der Waals surface area contributed by atoms with Crippen molar-refractivity contribution in [1.29, 1.82) is 0 Å². The molecule has 28 heavy (non-hydrogen) atoms.